The van der Waals surface area contributed by atoms with Gasteiger partial charge in [-0.1, -0.05) is 35.0 Å². The summed E-state index contributed by atoms with van der Waals surface area (Å²) in [5.41, 5.74) is 0.911. The van der Waals surface area contributed by atoms with Gasteiger partial charge in [-0.2, -0.15) is 0 Å². The highest BCUT2D eigenvalue weighted by atomic mass is 79.9. The number of likely N-dealkylation sites (tertiary alicyclic amines) is 1. The first-order valence-electron chi connectivity index (χ1n) is 9.37. The van der Waals surface area contributed by atoms with Crippen LogP contribution >= 0.6 is 15.9 Å². The molecular weight excluding hydrogens is 364 g/mol. The molecule has 1 atom stereocenters. The first kappa shape index (κ1) is 17.9. The Morgan fingerprint density at radius 2 is 2.04 bits per heavy atom. The van der Waals surface area contributed by atoms with E-state index >= 15 is 0 Å². The van der Waals surface area contributed by atoms with E-state index in [2.05, 4.69) is 45.2 Å². The largest absolute Gasteiger partial charge is 0.355 e. The molecule has 0 bridgehead atoms. The molecule has 3 rings (SSSR count). The summed E-state index contributed by atoms with van der Waals surface area (Å²) in [6, 6.07) is 8.22. The second-order valence-electron chi connectivity index (χ2n) is 7.60. The first-order chi connectivity index (χ1) is 11.6. The minimum Gasteiger partial charge on any atom is -0.355 e. The summed E-state index contributed by atoms with van der Waals surface area (Å²) in [6.45, 7) is 6.84. The Labute approximate surface area is 154 Å². The molecule has 0 radical (unpaired) electrons. The van der Waals surface area contributed by atoms with E-state index in [1.165, 1.54) is 38.9 Å². The summed E-state index contributed by atoms with van der Waals surface area (Å²) in [6.07, 6.45) is 6.93. The number of rotatable bonds is 7. The summed E-state index contributed by atoms with van der Waals surface area (Å²) in [7, 11) is 0. The molecule has 1 aliphatic carbocycles. The van der Waals surface area contributed by atoms with Gasteiger partial charge in [0.05, 0.1) is 5.41 Å². The molecule has 1 aromatic carbocycles. The number of amides is 1. The zero-order chi connectivity index (χ0) is 17.0. The Bertz CT molecular complexity index is 553. The lowest BCUT2D eigenvalue weighted by Gasteiger charge is -2.30. The highest BCUT2D eigenvalue weighted by Crippen LogP contribution is 2.48. The zero-order valence-electron chi connectivity index (χ0n) is 14.7. The first-order valence-corrected chi connectivity index (χ1v) is 10.2. The third kappa shape index (κ3) is 4.40. The van der Waals surface area contributed by atoms with Crippen LogP contribution in [-0.2, 0) is 10.2 Å². The lowest BCUT2D eigenvalue weighted by Crippen LogP contribution is -2.37. The maximum absolute atomic E-state index is 12.6. The van der Waals surface area contributed by atoms with Crippen molar-refractivity contribution < 1.29 is 4.79 Å². The molecule has 2 fully saturated rings. The van der Waals surface area contributed by atoms with E-state index in [9.17, 15) is 4.79 Å². The van der Waals surface area contributed by atoms with Gasteiger partial charge in [-0.15, -0.1) is 0 Å². The number of unbranched alkanes of at least 4 members (excludes halogenated alkanes) is 1. The fourth-order valence-corrected chi connectivity index (χ4v) is 4.13. The average Bonchev–Trinajstić information content (AvgIpc) is 3.37. The van der Waals surface area contributed by atoms with Gasteiger partial charge >= 0.3 is 0 Å². The van der Waals surface area contributed by atoms with Crippen LogP contribution in [0.5, 0.6) is 0 Å². The number of carbonyl (C=O) groups excluding carboxylic acids is 1. The molecule has 2 aliphatic rings. The number of nitrogens with zero attached hydrogens (tertiary/aromatic N) is 1. The maximum atomic E-state index is 12.6. The van der Waals surface area contributed by atoms with Crippen LogP contribution in [0.1, 0.15) is 51.0 Å². The molecule has 1 saturated heterocycles. The van der Waals surface area contributed by atoms with Gasteiger partial charge in [-0.05, 0) is 75.2 Å². The normalized spacial score (nSPS) is 23.0. The Kier molecular flexibility index (Phi) is 5.98. The van der Waals surface area contributed by atoms with Crippen LogP contribution in [0.25, 0.3) is 0 Å². The van der Waals surface area contributed by atoms with Gasteiger partial charge in [0, 0.05) is 17.6 Å². The second kappa shape index (κ2) is 8.01. The predicted molar refractivity (Wildman–Crippen MR) is 102 cm³/mol. The maximum Gasteiger partial charge on any atom is 0.230 e. The molecule has 1 saturated carbocycles. The van der Waals surface area contributed by atoms with Gasteiger partial charge in [0.25, 0.3) is 0 Å². The minimum absolute atomic E-state index is 0.219. The molecule has 1 amide bonds. The van der Waals surface area contributed by atoms with Crippen molar-refractivity contribution in [3.8, 4) is 0 Å². The van der Waals surface area contributed by atoms with Crippen LogP contribution in [-0.4, -0.2) is 37.0 Å². The SMILES string of the molecule is C[C@@H]1CCCN(CCCCNC(=O)C2(c3ccc(Br)cc3)CC2)C1. The standard InChI is InChI=1S/C20H29BrN2O/c1-16-5-4-14-23(15-16)13-3-2-12-22-19(24)20(10-11-20)17-6-8-18(21)9-7-17/h6-9,16H,2-5,10-15H2,1H3,(H,22,24)/t16-/m1/s1. The second-order valence-corrected chi connectivity index (χ2v) is 8.52. The number of hydrogen-bond donors (Lipinski definition) is 1. The highest BCUT2D eigenvalue weighted by molar-refractivity contribution is 9.10. The Morgan fingerprint density at radius 1 is 1.29 bits per heavy atom. The number of carbonyl (C=O) groups is 1. The average molecular weight is 393 g/mol. The van der Waals surface area contributed by atoms with Crippen molar-refractivity contribution >= 4 is 21.8 Å². The predicted octanol–water partition coefficient (Wildman–Crippen LogP) is 4.11. The smallest absolute Gasteiger partial charge is 0.230 e. The topological polar surface area (TPSA) is 32.3 Å². The molecule has 0 aromatic heterocycles. The summed E-state index contributed by atoms with van der Waals surface area (Å²) >= 11 is 3.46. The number of piperidine rings is 1. The van der Waals surface area contributed by atoms with Crippen LogP contribution < -0.4 is 5.32 Å². The lowest BCUT2D eigenvalue weighted by atomic mass is 9.95. The summed E-state index contributed by atoms with van der Waals surface area (Å²) < 4.78 is 1.06. The van der Waals surface area contributed by atoms with Crippen molar-refractivity contribution in [2.75, 3.05) is 26.2 Å². The molecule has 1 aliphatic heterocycles. The fraction of sp³-hybridized carbons (Fsp3) is 0.650. The van der Waals surface area contributed by atoms with Crippen molar-refractivity contribution in [2.45, 2.75) is 50.9 Å². The molecule has 1 aromatic rings. The monoisotopic (exact) mass is 392 g/mol. The third-order valence-corrected chi connectivity index (χ3v) is 6.04. The van der Waals surface area contributed by atoms with E-state index in [4.69, 9.17) is 0 Å². The molecule has 1 heterocycles. The van der Waals surface area contributed by atoms with Crippen molar-refractivity contribution in [3.63, 3.8) is 0 Å². The van der Waals surface area contributed by atoms with Crippen molar-refractivity contribution in [2.24, 2.45) is 5.92 Å². The summed E-state index contributed by atoms with van der Waals surface area (Å²) in [4.78, 5) is 15.2. The molecule has 24 heavy (non-hydrogen) atoms. The van der Waals surface area contributed by atoms with Gasteiger partial charge < -0.3 is 10.2 Å². The molecule has 0 unspecified atom stereocenters. The molecule has 1 N–H and O–H groups in total. The number of halogens is 1. The van der Waals surface area contributed by atoms with Gasteiger partial charge in [0.15, 0.2) is 0 Å². The van der Waals surface area contributed by atoms with Crippen LogP contribution in [0.3, 0.4) is 0 Å². The van der Waals surface area contributed by atoms with E-state index in [1.54, 1.807) is 0 Å². The van der Waals surface area contributed by atoms with Gasteiger partial charge in [-0.25, -0.2) is 0 Å². The van der Waals surface area contributed by atoms with E-state index in [0.717, 1.165) is 41.8 Å². The Hall–Kier alpha value is -0.870. The molecule has 3 nitrogen and oxygen atoms in total. The lowest BCUT2D eigenvalue weighted by molar-refractivity contribution is -0.123. The van der Waals surface area contributed by atoms with Crippen molar-refractivity contribution in [3.05, 3.63) is 34.3 Å². The van der Waals surface area contributed by atoms with Crippen molar-refractivity contribution in [1.29, 1.82) is 0 Å². The van der Waals surface area contributed by atoms with E-state index < -0.39 is 0 Å². The highest BCUT2D eigenvalue weighted by Gasteiger charge is 2.50. The molecule has 132 valence electrons. The quantitative estimate of drug-likeness (QED) is 0.708. The van der Waals surface area contributed by atoms with E-state index in [1.807, 2.05) is 12.1 Å². The van der Waals surface area contributed by atoms with E-state index in [-0.39, 0.29) is 11.3 Å². The Balaban J connectivity index is 1.37. The number of nitrogens with one attached hydrogen (secondary N) is 1. The van der Waals surface area contributed by atoms with E-state index in [0.29, 0.717) is 0 Å². The molecule has 0 spiro atoms. The number of hydrogen-bond acceptors (Lipinski definition) is 2. The molecular formula is C20H29BrN2O. The summed E-state index contributed by atoms with van der Waals surface area (Å²) in [5.74, 6) is 1.07. The van der Waals surface area contributed by atoms with Crippen molar-refractivity contribution in [1.82, 2.24) is 10.2 Å². The van der Waals surface area contributed by atoms with Crippen LogP contribution in [0.4, 0.5) is 0 Å². The summed E-state index contributed by atoms with van der Waals surface area (Å²) in [5, 5.41) is 3.18. The van der Waals surface area contributed by atoms with Crippen LogP contribution in [0.15, 0.2) is 28.7 Å². The minimum atomic E-state index is -0.247. The van der Waals surface area contributed by atoms with Crippen LogP contribution in [0, 0.1) is 5.92 Å². The Morgan fingerprint density at radius 3 is 2.71 bits per heavy atom. The zero-order valence-corrected chi connectivity index (χ0v) is 16.3. The third-order valence-electron chi connectivity index (χ3n) is 5.51. The number of benzene rings is 1. The van der Waals surface area contributed by atoms with Gasteiger partial charge in [0.2, 0.25) is 5.91 Å². The molecule has 4 heteroatoms. The fourth-order valence-electron chi connectivity index (χ4n) is 3.86. The van der Waals surface area contributed by atoms with Gasteiger partial charge in [0.1, 0.15) is 0 Å². The van der Waals surface area contributed by atoms with Crippen LogP contribution in [0.2, 0.25) is 0 Å². The van der Waals surface area contributed by atoms with Gasteiger partial charge in [-0.3, -0.25) is 4.79 Å².